The quantitative estimate of drug-likeness (QED) is 0.460. The molecule has 0 saturated heterocycles. The molecule has 5 saturated carbocycles. The van der Waals surface area contributed by atoms with E-state index in [-0.39, 0.29) is 16.2 Å². The van der Waals surface area contributed by atoms with Crippen molar-refractivity contribution in [2.75, 3.05) is 0 Å². The molecule has 0 aromatic rings. The summed E-state index contributed by atoms with van der Waals surface area (Å²) < 4.78 is 0. The van der Waals surface area contributed by atoms with Crippen molar-refractivity contribution in [2.24, 2.45) is 51.2 Å². The molecule has 0 spiro atoms. The topological polar surface area (TPSA) is 37.3 Å². The second-order valence-electron chi connectivity index (χ2n) is 13.9. The zero-order valence-corrected chi connectivity index (χ0v) is 21.0. The molecule has 0 unspecified atom stereocenters. The average molecular weight is 427 g/mol. The number of carbonyl (C=O) groups excluding carboxylic acids is 1. The molecule has 5 aliphatic carbocycles. The Labute approximate surface area is 190 Å². The molecular weight excluding hydrogens is 380 g/mol. The van der Waals surface area contributed by atoms with E-state index in [9.17, 15) is 9.90 Å². The maximum absolute atomic E-state index is 12.9. The molecule has 2 heteroatoms. The molecule has 5 fully saturated rings. The summed E-state index contributed by atoms with van der Waals surface area (Å²) in [6.07, 6.45) is 11.1. The van der Waals surface area contributed by atoms with Crippen molar-refractivity contribution in [1.82, 2.24) is 0 Å². The first-order valence-corrected chi connectivity index (χ1v) is 13.2. The van der Waals surface area contributed by atoms with E-state index < -0.39 is 5.60 Å². The number of Topliss-reactive ketones (excluding diaryl/α,β-unsaturated/α-hetero) is 1. The van der Waals surface area contributed by atoms with Crippen molar-refractivity contribution < 1.29 is 9.90 Å². The van der Waals surface area contributed by atoms with Crippen LogP contribution >= 0.6 is 0 Å². The summed E-state index contributed by atoms with van der Waals surface area (Å²) in [5, 5.41) is 11.7. The fraction of sp³-hybridized carbons (Fsp3) is 0.897. The van der Waals surface area contributed by atoms with Crippen LogP contribution in [0, 0.1) is 51.2 Å². The molecule has 0 aromatic heterocycles. The zero-order valence-electron chi connectivity index (χ0n) is 21.0. The van der Waals surface area contributed by atoms with Gasteiger partial charge in [-0.1, -0.05) is 46.8 Å². The summed E-state index contributed by atoms with van der Waals surface area (Å²) in [4.78, 5) is 12.9. The van der Waals surface area contributed by atoms with Gasteiger partial charge in [0.25, 0.3) is 0 Å². The number of aliphatic hydroxyl groups is 1. The van der Waals surface area contributed by atoms with E-state index in [1.807, 2.05) is 0 Å². The molecule has 5 rings (SSSR count). The van der Waals surface area contributed by atoms with Gasteiger partial charge in [-0.25, -0.2) is 0 Å². The fourth-order valence-corrected chi connectivity index (χ4v) is 10.9. The highest BCUT2D eigenvalue weighted by molar-refractivity contribution is 5.85. The van der Waals surface area contributed by atoms with Crippen molar-refractivity contribution >= 4 is 5.78 Å². The monoisotopic (exact) mass is 426 g/mol. The number of fused-ring (bicyclic) bond motifs is 7. The third-order valence-corrected chi connectivity index (χ3v) is 12.8. The molecule has 0 bridgehead atoms. The first kappa shape index (κ1) is 22.2. The van der Waals surface area contributed by atoms with Crippen LogP contribution in [0.5, 0.6) is 0 Å². The molecule has 0 aromatic carbocycles. The van der Waals surface area contributed by atoms with Gasteiger partial charge in [-0.05, 0) is 111 Å². The maximum atomic E-state index is 12.9. The largest absolute Gasteiger partial charge is 0.390 e. The molecule has 174 valence electrons. The van der Waals surface area contributed by atoms with Crippen molar-refractivity contribution in [2.45, 2.75) is 111 Å². The summed E-state index contributed by atoms with van der Waals surface area (Å²) in [7, 11) is 0. The molecular formula is C29H46O2. The number of rotatable bonds is 1. The van der Waals surface area contributed by atoms with E-state index >= 15 is 0 Å². The Morgan fingerprint density at radius 2 is 1.58 bits per heavy atom. The second-order valence-corrected chi connectivity index (χ2v) is 13.9. The standard InChI is InChI=1S/C29H46O2/c1-18(2)19-10-15-29(31)17-16-27(6)20(24(19)29)8-9-22-26(5)13-12-23(30)25(3,4)21(26)11-14-28(22,27)7/h19-22,24,31H,1,8-17H2,2-7H3/t19-,20+,21-,22+,24+,26-,27+,28+,29-/m0/s1. The van der Waals surface area contributed by atoms with Gasteiger partial charge in [0.1, 0.15) is 5.78 Å². The third kappa shape index (κ3) is 2.58. The molecule has 0 heterocycles. The molecule has 0 amide bonds. The Hall–Kier alpha value is -0.630. The number of carbonyl (C=O) groups is 1. The van der Waals surface area contributed by atoms with Gasteiger partial charge >= 0.3 is 0 Å². The highest BCUT2D eigenvalue weighted by Gasteiger charge is 2.70. The predicted octanol–water partition coefficient (Wildman–Crippen LogP) is 6.96. The minimum atomic E-state index is -0.461. The van der Waals surface area contributed by atoms with Gasteiger partial charge < -0.3 is 5.11 Å². The Morgan fingerprint density at radius 3 is 2.26 bits per heavy atom. The lowest BCUT2D eigenvalue weighted by atomic mass is 9.33. The van der Waals surface area contributed by atoms with Crippen LogP contribution < -0.4 is 0 Å². The fourth-order valence-electron chi connectivity index (χ4n) is 10.9. The number of hydrogen-bond acceptors (Lipinski definition) is 2. The van der Waals surface area contributed by atoms with E-state index in [1.54, 1.807) is 0 Å². The lowest BCUT2D eigenvalue weighted by molar-refractivity contribution is -0.242. The SMILES string of the molecule is C=C(C)[C@@H]1CC[C@]2(O)CC[C@]3(C)[C@H](CC[C@@H]4[C@@]5(C)CCC(=O)C(C)(C)[C@@H]5CC[C@]43C)[C@@H]12. The van der Waals surface area contributed by atoms with Crippen LogP contribution in [0.2, 0.25) is 0 Å². The lowest BCUT2D eigenvalue weighted by Crippen LogP contribution is -2.67. The molecule has 1 N–H and O–H groups in total. The molecule has 0 radical (unpaired) electrons. The number of hydrogen-bond donors (Lipinski definition) is 1. The van der Waals surface area contributed by atoms with Gasteiger partial charge in [0.05, 0.1) is 5.60 Å². The summed E-state index contributed by atoms with van der Waals surface area (Å²) in [6, 6.07) is 0. The Balaban J connectivity index is 1.55. The molecule has 0 aliphatic heterocycles. The van der Waals surface area contributed by atoms with Crippen LogP contribution in [0.4, 0.5) is 0 Å². The zero-order chi connectivity index (χ0) is 22.6. The van der Waals surface area contributed by atoms with Crippen molar-refractivity contribution in [3.63, 3.8) is 0 Å². The average Bonchev–Trinajstić information content (AvgIpc) is 3.04. The van der Waals surface area contributed by atoms with E-state index in [0.717, 1.165) is 32.1 Å². The molecule has 2 nitrogen and oxygen atoms in total. The van der Waals surface area contributed by atoms with E-state index in [2.05, 4.69) is 48.1 Å². The number of allylic oxidation sites excluding steroid dienone is 1. The minimum Gasteiger partial charge on any atom is -0.390 e. The van der Waals surface area contributed by atoms with E-state index in [0.29, 0.717) is 40.8 Å². The van der Waals surface area contributed by atoms with Crippen LogP contribution in [0.1, 0.15) is 106 Å². The van der Waals surface area contributed by atoms with Crippen molar-refractivity contribution in [3.8, 4) is 0 Å². The minimum absolute atomic E-state index is 0.171. The summed E-state index contributed by atoms with van der Waals surface area (Å²) >= 11 is 0. The first-order chi connectivity index (χ1) is 14.3. The third-order valence-electron chi connectivity index (χ3n) is 12.8. The second kappa shape index (κ2) is 6.49. The smallest absolute Gasteiger partial charge is 0.138 e. The van der Waals surface area contributed by atoms with Gasteiger partial charge in [0.15, 0.2) is 0 Å². The van der Waals surface area contributed by atoms with Gasteiger partial charge in [0, 0.05) is 11.8 Å². The van der Waals surface area contributed by atoms with Crippen LogP contribution in [-0.4, -0.2) is 16.5 Å². The van der Waals surface area contributed by atoms with Crippen LogP contribution in [0.15, 0.2) is 12.2 Å². The molecule has 5 aliphatic rings. The van der Waals surface area contributed by atoms with Gasteiger partial charge in [-0.2, -0.15) is 0 Å². The van der Waals surface area contributed by atoms with Crippen LogP contribution in [0.3, 0.4) is 0 Å². The van der Waals surface area contributed by atoms with Gasteiger partial charge in [-0.15, -0.1) is 0 Å². The molecule has 9 atom stereocenters. The van der Waals surface area contributed by atoms with E-state index in [1.165, 1.54) is 37.7 Å². The van der Waals surface area contributed by atoms with Crippen molar-refractivity contribution in [3.05, 3.63) is 12.2 Å². The van der Waals surface area contributed by atoms with Crippen LogP contribution in [-0.2, 0) is 4.79 Å². The van der Waals surface area contributed by atoms with Gasteiger partial charge in [0.2, 0.25) is 0 Å². The maximum Gasteiger partial charge on any atom is 0.138 e. The van der Waals surface area contributed by atoms with Gasteiger partial charge in [-0.3, -0.25) is 4.79 Å². The Morgan fingerprint density at radius 1 is 0.871 bits per heavy atom. The number of ketones is 1. The highest BCUT2D eigenvalue weighted by atomic mass is 16.3. The normalized spacial score (nSPS) is 55.6. The lowest BCUT2D eigenvalue weighted by Gasteiger charge is -2.72. The predicted molar refractivity (Wildman–Crippen MR) is 126 cm³/mol. The van der Waals surface area contributed by atoms with Crippen molar-refractivity contribution in [1.29, 1.82) is 0 Å². The Kier molecular flexibility index (Phi) is 4.64. The summed E-state index contributed by atoms with van der Waals surface area (Å²) in [5.41, 5.74) is 1.52. The van der Waals surface area contributed by atoms with E-state index in [4.69, 9.17) is 0 Å². The summed E-state index contributed by atoms with van der Waals surface area (Å²) in [5.74, 6) is 3.22. The molecule has 31 heavy (non-hydrogen) atoms. The summed E-state index contributed by atoms with van der Waals surface area (Å²) in [6.45, 7) is 18.8. The first-order valence-electron chi connectivity index (χ1n) is 13.2. The highest BCUT2D eigenvalue weighted by Crippen LogP contribution is 2.76. The Bertz CT molecular complexity index is 812. The van der Waals surface area contributed by atoms with Crippen LogP contribution in [0.25, 0.3) is 0 Å².